The van der Waals surface area contributed by atoms with Gasteiger partial charge in [-0.25, -0.2) is 0 Å². The van der Waals surface area contributed by atoms with E-state index in [1.807, 2.05) is 7.05 Å². The van der Waals surface area contributed by atoms with Gasteiger partial charge in [-0.1, -0.05) is 39.5 Å². The maximum atomic E-state index is 3.23. The Hall–Kier alpha value is -0.0800. The molecule has 1 rings (SSSR count). The van der Waals surface area contributed by atoms with Gasteiger partial charge in [0.15, 0.2) is 0 Å². The van der Waals surface area contributed by atoms with Crippen molar-refractivity contribution < 1.29 is 0 Å². The van der Waals surface area contributed by atoms with Gasteiger partial charge in [-0.15, -0.1) is 0 Å². The smallest absolute Gasteiger partial charge is 0.00953 e. The second-order valence-electron chi connectivity index (χ2n) is 6.34. The second-order valence-corrected chi connectivity index (χ2v) is 6.34. The van der Waals surface area contributed by atoms with Crippen LogP contribution in [0.25, 0.3) is 0 Å². The molecule has 0 aromatic heterocycles. The zero-order chi connectivity index (χ0) is 13.2. The average molecular weight is 254 g/mol. The Morgan fingerprint density at radius 3 is 2.33 bits per heavy atom. The predicted molar refractivity (Wildman–Crippen MR) is 81.1 cm³/mol. The van der Waals surface area contributed by atoms with Crippen molar-refractivity contribution in [1.82, 2.24) is 10.2 Å². The molecule has 108 valence electrons. The second kappa shape index (κ2) is 9.80. The fourth-order valence-corrected chi connectivity index (χ4v) is 3.13. The summed E-state index contributed by atoms with van der Waals surface area (Å²) in [7, 11) is 2.05. The van der Waals surface area contributed by atoms with Crippen LogP contribution in [0.5, 0.6) is 0 Å². The Bertz CT molecular complexity index is 186. The van der Waals surface area contributed by atoms with Gasteiger partial charge in [0.2, 0.25) is 0 Å². The van der Waals surface area contributed by atoms with Gasteiger partial charge < -0.3 is 10.2 Å². The number of unbranched alkanes of at least 4 members (excludes halogenated alkanes) is 3. The summed E-state index contributed by atoms with van der Waals surface area (Å²) in [5, 5.41) is 3.23. The first-order valence-corrected chi connectivity index (χ1v) is 8.12. The summed E-state index contributed by atoms with van der Waals surface area (Å²) in [6.07, 6.45) is 11.4. The highest BCUT2D eigenvalue weighted by molar-refractivity contribution is 4.78. The third kappa shape index (κ3) is 6.75. The molecule has 0 aliphatic heterocycles. The summed E-state index contributed by atoms with van der Waals surface area (Å²) >= 11 is 0. The lowest BCUT2D eigenvalue weighted by Gasteiger charge is -2.30. The average Bonchev–Trinajstić information content (AvgIpc) is 2.85. The van der Waals surface area contributed by atoms with Gasteiger partial charge in [-0.2, -0.15) is 0 Å². The van der Waals surface area contributed by atoms with Crippen molar-refractivity contribution in [2.45, 2.75) is 71.3 Å². The summed E-state index contributed by atoms with van der Waals surface area (Å²) in [4.78, 5) is 2.79. The van der Waals surface area contributed by atoms with Gasteiger partial charge in [0.1, 0.15) is 0 Å². The van der Waals surface area contributed by atoms with Crippen LogP contribution in [0, 0.1) is 5.92 Å². The lowest BCUT2D eigenvalue weighted by Crippen LogP contribution is -2.37. The molecule has 0 amide bonds. The Labute approximate surface area is 115 Å². The molecule has 1 aliphatic rings. The molecule has 0 aromatic carbocycles. The molecule has 0 aromatic rings. The molecule has 1 aliphatic carbocycles. The first-order chi connectivity index (χ1) is 8.74. The molecule has 1 fully saturated rings. The number of hydrogen-bond acceptors (Lipinski definition) is 2. The minimum Gasteiger partial charge on any atom is -0.320 e. The monoisotopic (exact) mass is 254 g/mol. The minimum absolute atomic E-state index is 0.815. The molecular formula is C16H34N2. The molecule has 1 saturated carbocycles. The Balaban J connectivity index is 2.15. The topological polar surface area (TPSA) is 15.3 Å². The van der Waals surface area contributed by atoms with Crippen molar-refractivity contribution in [2.75, 3.05) is 26.7 Å². The van der Waals surface area contributed by atoms with Gasteiger partial charge in [0.25, 0.3) is 0 Å². The third-order valence-corrected chi connectivity index (χ3v) is 4.06. The lowest BCUT2D eigenvalue weighted by molar-refractivity contribution is 0.173. The first kappa shape index (κ1) is 16.0. The van der Waals surface area contributed by atoms with E-state index in [-0.39, 0.29) is 0 Å². The Morgan fingerprint density at radius 1 is 1.06 bits per heavy atom. The molecule has 2 nitrogen and oxygen atoms in total. The standard InChI is InChI=1S/C16H34N2/c1-15(2)14-18(16-10-6-7-11-16)13-9-5-4-8-12-17-3/h15-17H,4-14H2,1-3H3. The van der Waals surface area contributed by atoms with Crippen molar-refractivity contribution in [2.24, 2.45) is 5.92 Å². The maximum absolute atomic E-state index is 3.23. The van der Waals surface area contributed by atoms with Crippen LogP contribution in [0.4, 0.5) is 0 Å². The minimum atomic E-state index is 0.815. The zero-order valence-corrected chi connectivity index (χ0v) is 12.9. The highest BCUT2D eigenvalue weighted by Crippen LogP contribution is 2.24. The van der Waals surface area contributed by atoms with Crippen LogP contribution < -0.4 is 5.32 Å². The van der Waals surface area contributed by atoms with Crippen LogP contribution in [-0.2, 0) is 0 Å². The SMILES string of the molecule is CNCCCCCCN(CC(C)C)C1CCCC1. The molecule has 1 N–H and O–H groups in total. The van der Waals surface area contributed by atoms with E-state index in [2.05, 4.69) is 24.1 Å². The fourth-order valence-electron chi connectivity index (χ4n) is 3.13. The van der Waals surface area contributed by atoms with E-state index in [0.29, 0.717) is 0 Å². The van der Waals surface area contributed by atoms with Crippen LogP contribution in [0.1, 0.15) is 65.2 Å². The van der Waals surface area contributed by atoms with E-state index in [0.717, 1.165) is 12.0 Å². The summed E-state index contributed by atoms with van der Waals surface area (Å²) in [5.74, 6) is 0.815. The van der Waals surface area contributed by atoms with E-state index < -0.39 is 0 Å². The number of nitrogens with zero attached hydrogens (tertiary/aromatic N) is 1. The normalized spacial score (nSPS) is 17.2. The quantitative estimate of drug-likeness (QED) is 0.598. The number of nitrogens with one attached hydrogen (secondary N) is 1. The molecule has 0 radical (unpaired) electrons. The molecule has 0 saturated heterocycles. The van der Waals surface area contributed by atoms with Crippen LogP contribution in [0.3, 0.4) is 0 Å². The predicted octanol–water partition coefficient (Wildman–Crippen LogP) is 3.67. The van der Waals surface area contributed by atoms with Crippen molar-refractivity contribution in [3.05, 3.63) is 0 Å². The third-order valence-electron chi connectivity index (χ3n) is 4.06. The van der Waals surface area contributed by atoms with Crippen molar-refractivity contribution in [3.63, 3.8) is 0 Å². The Morgan fingerprint density at radius 2 is 1.72 bits per heavy atom. The molecule has 0 spiro atoms. The highest BCUT2D eigenvalue weighted by atomic mass is 15.2. The van der Waals surface area contributed by atoms with Crippen LogP contribution in [0.15, 0.2) is 0 Å². The van der Waals surface area contributed by atoms with Crippen LogP contribution in [-0.4, -0.2) is 37.6 Å². The highest BCUT2D eigenvalue weighted by Gasteiger charge is 2.22. The summed E-state index contributed by atoms with van der Waals surface area (Å²) in [6.45, 7) is 8.53. The van der Waals surface area contributed by atoms with E-state index in [9.17, 15) is 0 Å². The molecule has 0 unspecified atom stereocenters. The summed E-state index contributed by atoms with van der Waals surface area (Å²) in [5.41, 5.74) is 0. The van der Waals surface area contributed by atoms with E-state index in [1.165, 1.54) is 71.0 Å². The van der Waals surface area contributed by atoms with Crippen molar-refractivity contribution in [3.8, 4) is 0 Å². The van der Waals surface area contributed by atoms with Gasteiger partial charge in [0, 0.05) is 12.6 Å². The summed E-state index contributed by atoms with van der Waals surface area (Å²) in [6, 6.07) is 0.907. The number of hydrogen-bond donors (Lipinski definition) is 1. The van der Waals surface area contributed by atoms with Crippen molar-refractivity contribution in [1.29, 1.82) is 0 Å². The van der Waals surface area contributed by atoms with E-state index >= 15 is 0 Å². The van der Waals surface area contributed by atoms with Gasteiger partial charge >= 0.3 is 0 Å². The first-order valence-electron chi connectivity index (χ1n) is 8.12. The van der Waals surface area contributed by atoms with Gasteiger partial charge in [-0.05, 0) is 51.7 Å². The van der Waals surface area contributed by atoms with Crippen LogP contribution >= 0.6 is 0 Å². The van der Waals surface area contributed by atoms with Crippen molar-refractivity contribution >= 4 is 0 Å². The molecule has 2 heteroatoms. The molecule has 18 heavy (non-hydrogen) atoms. The zero-order valence-electron chi connectivity index (χ0n) is 12.9. The molecule has 0 bridgehead atoms. The number of rotatable bonds is 10. The van der Waals surface area contributed by atoms with Gasteiger partial charge in [0.05, 0.1) is 0 Å². The largest absolute Gasteiger partial charge is 0.320 e. The molecular weight excluding hydrogens is 220 g/mol. The van der Waals surface area contributed by atoms with E-state index in [1.54, 1.807) is 0 Å². The summed E-state index contributed by atoms with van der Waals surface area (Å²) < 4.78 is 0. The fraction of sp³-hybridized carbons (Fsp3) is 1.00. The van der Waals surface area contributed by atoms with E-state index in [4.69, 9.17) is 0 Å². The maximum Gasteiger partial charge on any atom is 0.00953 e. The van der Waals surface area contributed by atoms with Gasteiger partial charge in [-0.3, -0.25) is 0 Å². The molecule has 0 atom stereocenters. The molecule has 0 heterocycles. The van der Waals surface area contributed by atoms with Crippen LogP contribution in [0.2, 0.25) is 0 Å². The Kier molecular flexibility index (Phi) is 8.70. The lowest BCUT2D eigenvalue weighted by atomic mass is 10.1.